The molecule has 0 heterocycles. The van der Waals surface area contributed by atoms with Crippen LogP contribution < -0.4 is 5.32 Å². The first kappa shape index (κ1) is 12.2. The van der Waals surface area contributed by atoms with Crippen LogP contribution in [0.1, 0.15) is 39.5 Å². The van der Waals surface area contributed by atoms with Gasteiger partial charge in [-0.2, -0.15) is 0 Å². The van der Waals surface area contributed by atoms with Gasteiger partial charge >= 0.3 is 6.09 Å². The number of ether oxygens (including phenoxy) is 1. The lowest BCUT2D eigenvalue weighted by Gasteiger charge is -2.07. The molecule has 0 aliphatic rings. The van der Waals surface area contributed by atoms with E-state index in [0.29, 0.717) is 6.54 Å². The smallest absolute Gasteiger partial charge is 0.409 e. The number of hydrogen-bond donors (Lipinski definition) is 2. The number of aliphatic hydroxyl groups is 1. The molecule has 0 saturated carbocycles. The molecule has 0 spiro atoms. The van der Waals surface area contributed by atoms with Crippen molar-refractivity contribution in [2.24, 2.45) is 0 Å². The summed E-state index contributed by atoms with van der Waals surface area (Å²) in [6.07, 6.45) is 2.86. The summed E-state index contributed by atoms with van der Waals surface area (Å²) in [6, 6.07) is 0. The van der Waals surface area contributed by atoms with Crippen molar-refractivity contribution < 1.29 is 14.6 Å². The Morgan fingerprint density at radius 3 is 2.69 bits per heavy atom. The average molecular weight is 189 g/mol. The van der Waals surface area contributed by atoms with Crippen molar-refractivity contribution in [2.45, 2.75) is 45.8 Å². The molecule has 0 radical (unpaired) electrons. The van der Waals surface area contributed by atoms with Crippen molar-refractivity contribution >= 4 is 6.09 Å². The van der Waals surface area contributed by atoms with Crippen LogP contribution in [0.2, 0.25) is 0 Å². The minimum absolute atomic E-state index is 0.550. The van der Waals surface area contributed by atoms with Gasteiger partial charge < -0.3 is 15.2 Å². The van der Waals surface area contributed by atoms with Crippen LogP contribution in [-0.4, -0.2) is 24.0 Å². The maximum absolute atomic E-state index is 10.8. The van der Waals surface area contributed by atoms with Gasteiger partial charge in [0.25, 0.3) is 0 Å². The van der Waals surface area contributed by atoms with Crippen LogP contribution >= 0.6 is 0 Å². The first-order valence-corrected chi connectivity index (χ1v) is 4.79. The summed E-state index contributed by atoms with van der Waals surface area (Å²) in [7, 11) is 0. The maximum Gasteiger partial charge on any atom is 0.409 e. The minimum atomic E-state index is -1.03. The van der Waals surface area contributed by atoms with Gasteiger partial charge in [-0.3, -0.25) is 0 Å². The van der Waals surface area contributed by atoms with Crippen molar-refractivity contribution in [2.75, 3.05) is 6.54 Å². The fourth-order valence-electron chi connectivity index (χ4n) is 0.939. The molecule has 0 rings (SSSR count). The molecule has 1 amide bonds. The lowest BCUT2D eigenvalue weighted by atomic mass is 10.2. The topological polar surface area (TPSA) is 58.6 Å². The molecule has 2 N–H and O–H groups in total. The van der Waals surface area contributed by atoms with Gasteiger partial charge in [0.15, 0.2) is 6.29 Å². The molecule has 78 valence electrons. The number of rotatable bonds is 6. The summed E-state index contributed by atoms with van der Waals surface area (Å²) in [5.41, 5.74) is 0. The third-order valence-electron chi connectivity index (χ3n) is 1.58. The van der Waals surface area contributed by atoms with E-state index in [9.17, 15) is 4.79 Å². The van der Waals surface area contributed by atoms with Crippen molar-refractivity contribution in [3.8, 4) is 0 Å². The fraction of sp³-hybridized carbons (Fsp3) is 0.889. The van der Waals surface area contributed by atoms with Crippen molar-refractivity contribution in [1.29, 1.82) is 0 Å². The first-order chi connectivity index (χ1) is 6.16. The molecule has 4 nitrogen and oxygen atoms in total. The second-order valence-corrected chi connectivity index (χ2v) is 2.99. The largest absolute Gasteiger partial charge is 0.420 e. The van der Waals surface area contributed by atoms with Crippen LogP contribution in [0.25, 0.3) is 0 Å². The highest BCUT2D eigenvalue weighted by Crippen LogP contribution is 1.97. The molecule has 4 heteroatoms. The van der Waals surface area contributed by atoms with Crippen molar-refractivity contribution in [3.05, 3.63) is 0 Å². The molecule has 1 unspecified atom stereocenters. The highest BCUT2D eigenvalue weighted by molar-refractivity contribution is 5.67. The molecule has 0 aromatic rings. The number of carbonyl (C=O) groups excluding carboxylic acids is 1. The van der Waals surface area contributed by atoms with E-state index in [1.165, 1.54) is 19.8 Å². The standard InChI is InChI=1S/C9H19NO3/c1-3-4-5-6-7-10-9(12)13-8(2)11/h8,11H,3-7H2,1-2H3,(H,10,12). The van der Waals surface area contributed by atoms with Gasteiger partial charge in [-0.05, 0) is 13.3 Å². The maximum atomic E-state index is 10.8. The van der Waals surface area contributed by atoms with E-state index in [4.69, 9.17) is 5.11 Å². The van der Waals surface area contributed by atoms with Crippen molar-refractivity contribution in [1.82, 2.24) is 5.32 Å². The summed E-state index contributed by atoms with van der Waals surface area (Å²) in [4.78, 5) is 10.8. The minimum Gasteiger partial charge on any atom is -0.420 e. The Hall–Kier alpha value is -0.770. The van der Waals surface area contributed by atoms with E-state index in [0.717, 1.165) is 12.8 Å². The van der Waals surface area contributed by atoms with Gasteiger partial charge in [-0.15, -0.1) is 0 Å². The van der Waals surface area contributed by atoms with Gasteiger partial charge in [0, 0.05) is 6.54 Å². The zero-order valence-corrected chi connectivity index (χ0v) is 8.38. The number of carbonyl (C=O) groups is 1. The first-order valence-electron chi connectivity index (χ1n) is 4.79. The van der Waals surface area contributed by atoms with Gasteiger partial charge in [-0.1, -0.05) is 26.2 Å². The van der Waals surface area contributed by atoms with E-state index in [2.05, 4.69) is 17.0 Å². The van der Waals surface area contributed by atoms with Crippen LogP contribution in [-0.2, 0) is 4.74 Å². The number of hydrogen-bond acceptors (Lipinski definition) is 3. The van der Waals surface area contributed by atoms with Crippen LogP contribution in [0.4, 0.5) is 4.79 Å². The molecular weight excluding hydrogens is 170 g/mol. The van der Waals surface area contributed by atoms with Crippen LogP contribution in [0.3, 0.4) is 0 Å². The van der Waals surface area contributed by atoms with E-state index in [1.54, 1.807) is 0 Å². The summed E-state index contributed by atoms with van der Waals surface area (Å²) >= 11 is 0. The third kappa shape index (κ3) is 9.14. The Morgan fingerprint density at radius 2 is 2.15 bits per heavy atom. The molecule has 1 atom stereocenters. The molecule has 0 fully saturated rings. The highest BCUT2D eigenvalue weighted by atomic mass is 16.6. The Kier molecular flexibility index (Phi) is 7.39. The van der Waals surface area contributed by atoms with E-state index < -0.39 is 12.4 Å². The Balaban J connectivity index is 3.17. The average Bonchev–Trinajstić information content (AvgIpc) is 2.02. The number of aliphatic hydroxyl groups excluding tert-OH is 1. The molecule has 0 aromatic carbocycles. The third-order valence-corrected chi connectivity index (χ3v) is 1.58. The lowest BCUT2D eigenvalue weighted by molar-refractivity contribution is -0.0371. The van der Waals surface area contributed by atoms with Gasteiger partial charge in [0.05, 0.1) is 0 Å². The monoisotopic (exact) mass is 189 g/mol. The van der Waals surface area contributed by atoms with Gasteiger partial charge in [0.1, 0.15) is 0 Å². The Bertz CT molecular complexity index is 137. The quantitative estimate of drug-likeness (QED) is 0.493. The van der Waals surface area contributed by atoms with E-state index >= 15 is 0 Å². The normalized spacial score (nSPS) is 12.2. The SMILES string of the molecule is CCCCCCNC(=O)OC(C)O. The molecule has 0 saturated heterocycles. The molecule has 0 aromatic heterocycles. The fourth-order valence-corrected chi connectivity index (χ4v) is 0.939. The molecule has 0 aliphatic carbocycles. The number of alkyl carbamates (subject to hydrolysis) is 1. The molecule has 13 heavy (non-hydrogen) atoms. The second kappa shape index (κ2) is 7.86. The van der Waals surface area contributed by atoms with E-state index in [-0.39, 0.29) is 0 Å². The van der Waals surface area contributed by atoms with Gasteiger partial charge in [-0.25, -0.2) is 4.79 Å². The molecule has 0 bridgehead atoms. The van der Waals surface area contributed by atoms with Crippen LogP contribution in [0.5, 0.6) is 0 Å². The number of amides is 1. The lowest BCUT2D eigenvalue weighted by Crippen LogP contribution is -2.28. The summed E-state index contributed by atoms with van der Waals surface area (Å²) in [6.45, 7) is 4.15. The molecule has 0 aliphatic heterocycles. The van der Waals surface area contributed by atoms with Crippen molar-refractivity contribution in [3.63, 3.8) is 0 Å². The van der Waals surface area contributed by atoms with Crippen LogP contribution in [0, 0.1) is 0 Å². The summed E-state index contributed by atoms with van der Waals surface area (Å²) in [5.74, 6) is 0. The Labute approximate surface area is 79.3 Å². The predicted molar refractivity (Wildman–Crippen MR) is 50.3 cm³/mol. The highest BCUT2D eigenvalue weighted by Gasteiger charge is 2.03. The summed E-state index contributed by atoms with van der Waals surface area (Å²) < 4.78 is 4.46. The van der Waals surface area contributed by atoms with Crippen LogP contribution in [0.15, 0.2) is 0 Å². The van der Waals surface area contributed by atoms with E-state index in [1.807, 2.05) is 0 Å². The summed E-state index contributed by atoms with van der Waals surface area (Å²) in [5, 5.41) is 11.2. The second-order valence-electron chi connectivity index (χ2n) is 2.99. The predicted octanol–water partition coefficient (Wildman–Crippen LogP) is 1.63. The molecular formula is C9H19NO3. The zero-order valence-electron chi connectivity index (χ0n) is 8.38. The number of unbranched alkanes of at least 4 members (excludes halogenated alkanes) is 3. The zero-order chi connectivity index (χ0) is 10.1. The van der Waals surface area contributed by atoms with Gasteiger partial charge in [0.2, 0.25) is 0 Å². The Morgan fingerprint density at radius 1 is 1.46 bits per heavy atom. The number of nitrogens with one attached hydrogen (secondary N) is 1.